The molecule has 0 fully saturated rings. The van der Waals surface area contributed by atoms with Crippen LogP contribution in [0.3, 0.4) is 0 Å². The van der Waals surface area contributed by atoms with Crippen molar-refractivity contribution in [3.05, 3.63) is 17.7 Å². The third-order valence-corrected chi connectivity index (χ3v) is 1.98. The number of pyridine rings is 1. The van der Waals surface area contributed by atoms with Gasteiger partial charge in [0.05, 0.1) is 13.7 Å². The van der Waals surface area contributed by atoms with Crippen molar-refractivity contribution in [3.8, 4) is 5.88 Å². The Labute approximate surface area is 95.0 Å². The standard InChI is InChI=1S/C11H16N2O3/c1-5-16-11(14)8-6-7-9(15-4)12-10(8)13(2)3/h6-7H,5H2,1-4H3. The molecule has 0 aliphatic rings. The lowest BCUT2D eigenvalue weighted by Gasteiger charge is -2.15. The summed E-state index contributed by atoms with van der Waals surface area (Å²) in [6, 6.07) is 3.29. The van der Waals surface area contributed by atoms with Crippen molar-refractivity contribution in [2.45, 2.75) is 6.92 Å². The molecule has 0 aliphatic carbocycles. The van der Waals surface area contributed by atoms with Crippen molar-refractivity contribution in [3.63, 3.8) is 0 Å². The molecule has 88 valence electrons. The Morgan fingerprint density at radius 3 is 2.62 bits per heavy atom. The Hall–Kier alpha value is -1.78. The maximum absolute atomic E-state index is 11.6. The molecule has 1 heterocycles. The molecule has 5 nitrogen and oxygen atoms in total. The molecule has 1 rings (SSSR count). The lowest BCUT2D eigenvalue weighted by Crippen LogP contribution is -2.17. The van der Waals surface area contributed by atoms with Gasteiger partial charge in [-0.05, 0) is 13.0 Å². The van der Waals surface area contributed by atoms with Crippen LogP contribution in [0.15, 0.2) is 12.1 Å². The third-order valence-electron chi connectivity index (χ3n) is 1.98. The normalized spacial score (nSPS) is 9.75. The van der Waals surface area contributed by atoms with Gasteiger partial charge >= 0.3 is 5.97 Å². The van der Waals surface area contributed by atoms with E-state index in [0.717, 1.165) is 0 Å². The highest BCUT2D eigenvalue weighted by atomic mass is 16.5. The lowest BCUT2D eigenvalue weighted by molar-refractivity contribution is 0.0526. The maximum atomic E-state index is 11.6. The molecule has 0 aliphatic heterocycles. The predicted molar refractivity (Wildman–Crippen MR) is 61.1 cm³/mol. The van der Waals surface area contributed by atoms with Crippen molar-refractivity contribution in [2.75, 3.05) is 32.7 Å². The average Bonchev–Trinajstić information content (AvgIpc) is 2.28. The number of nitrogens with zero attached hydrogens (tertiary/aromatic N) is 2. The molecule has 0 amide bonds. The number of aromatic nitrogens is 1. The minimum atomic E-state index is -0.374. The van der Waals surface area contributed by atoms with Crippen LogP contribution in [0.4, 0.5) is 5.82 Å². The van der Waals surface area contributed by atoms with Crippen LogP contribution >= 0.6 is 0 Å². The van der Waals surface area contributed by atoms with Gasteiger partial charge in [-0.3, -0.25) is 0 Å². The molecule has 1 aromatic heterocycles. The zero-order valence-corrected chi connectivity index (χ0v) is 9.98. The highest BCUT2D eigenvalue weighted by Crippen LogP contribution is 2.20. The molecule has 0 spiro atoms. The summed E-state index contributed by atoms with van der Waals surface area (Å²) in [7, 11) is 5.15. The molecular formula is C11H16N2O3. The van der Waals surface area contributed by atoms with Crippen molar-refractivity contribution in [1.82, 2.24) is 4.98 Å². The van der Waals surface area contributed by atoms with Gasteiger partial charge in [0, 0.05) is 20.2 Å². The molecular weight excluding hydrogens is 208 g/mol. The molecule has 16 heavy (non-hydrogen) atoms. The van der Waals surface area contributed by atoms with E-state index in [2.05, 4.69) is 4.98 Å². The van der Waals surface area contributed by atoms with Gasteiger partial charge < -0.3 is 14.4 Å². The average molecular weight is 224 g/mol. The second-order valence-corrected chi connectivity index (χ2v) is 3.34. The minimum absolute atomic E-state index is 0.345. The number of ether oxygens (including phenoxy) is 2. The number of hydrogen-bond acceptors (Lipinski definition) is 5. The first-order chi connectivity index (χ1) is 7.60. The monoisotopic (exact) mass is 224 g/mol. The molecule has 5 heteroatoms. The Kier molecular flexibility index (Phi) is 4.10. The zero-order chi connectivity index (χ0) is 12.1. The van der Waals surface area contributed by atoms with Gasteiger partial charge in [0.25, 0.3) is 0 Å². The largest absolute Gasteiger partial charge is 0.481 e. The van der Waals surface area contributed by atoms with Gasteiger partial charge in [-0.25, -0.2) is 4.79 Å². The number of hydrogen-bond donors (Lipinski definition) is 0. The summed E-state index contributed by atoms with van der Waals surface area (Å²) in [5.41, 5.74) is 0.438. The van der Waals surface area contributed by atoms with Crippen molar-refractivity contribution >= 4 is 11.8 Å². The van der Waals surface area contributed by atoms with Gasteiger partial charge in [-0.2, -0.15) is 4.98 Å². The predicted octanol–water partition coefficient (Wildman–Crippen LogP) is 1.33. The minimum Gasteiger partial charge on any atom is -0.481 e. The van der Waals surface area contributed by atoms with E-state index in [4.69, 9.17) is 9.47 Å². The maximum Gasteiger partial charge on any atom is 0.341 e. The molecule has 0 unspecified atom stereocenters. The number of methoxy groups -OCH3 is 1. The van der Waals surface area contributed by atoms with Gasteiger partial charge in [0.1, 0.15) is 11.4 Å². The molecule has 0 aromatic carbocycles. The van der Waals surface area contributed by atoms with Crippen LogP contribution in [0.2, 0.25) is 0 Å². The number of carbonyl (C=O) groups excluding carboxylic acids is 1. The van der Waals surface area contributed by atoms with E-state index < -0.39 is 0 Å². The van der Waals surface area contributed by atoms with E-state index in [0.29, 0.717) is 23.9 Å². The SMILES string of the molecule is CCOC(=O)c1ccc(OC)nc1N(C)C. The van der Waals surface area contributed by atoms with Gasteiger partial charge in [0.2, 0.25) is 5.88 Å². The molecule has 0 atom stereocenters. The number of carbonyl (C=O) groups is 1. The Morgan fingerprint density at radius 2 is 2.12 bits per heavy atom. The molecule has 0 N–H and O–H groups in total. The van der Waals surface area contributed by atoms with Crippen LogP contribution in [0.5, 0.6) is 5.88 Å². The number of esters is 1. The fourth-order valence-corrected chi connectivity index (χ4v) is 1.25. The summed E-state index contributed by atoms with van der Waals surface area (Å²) in [6.45, 7) is 2.11. The molecule has 1 aromatic rings. The number of anilines is 1. The third kappa shape index (κ3) is 2.62. The fraction of sp³-hybridized carbons (Fsp3) is 0.455. The first-order valence-electron chi connectivity index (χ1n) is 4.99. The van der Waals surface area contributed by atoms with E-state index in [1.54, 1.807) is 24.0 Å². The lowest BCUT2D eigenvalue weighted by atomic mass is 10.2. The van der Waals surface area contributed by atoms with E-state index in [-0.39, 0.29) is 5.97 Å². The van der Waals surface area contributed by atoms with Gasteiger partial charge in [-0.1, -0.05) is 0 Å². The summed E-state index contributed by atoms with van der Waals surface area (Å²) in [5.74, 6) is 0.635. The Morgan fingerprint density at radius 1 is 1.44 bits per heavy atom. The van der Waals surface area contributed by atoms with Crippen LogP contribution in [0.25, 0.3) is 0 Å². The molecule has 0 bridgehead atoms. The van der Waals surface area contributed by atoms with E-state index in [1.165, 1.54) is 7.11 Å². The second-order valence-electron chi connectivity index (χ2n) is 3.34. The molecule has 0 saturated carbocycles. The number of rotatable bonds is 4. The van der Waals surface area contributed by atoms with Crippen molar-refractivity contribution in [1.29, 1.82) is 0 Å². The highest BCUT2D eigenvalue weighted by Gasteiger charge is 2.16. The summed E-state index contributed by atoms with van der Waals surface area (Å²) in [4.78, 5) is 17.6. The van der Waals surface area contributed by atoms with Gasteiger partial charge in [-0.15, -0.1) is 0 Å². The van der Waals surface area contributed by atoms with Crippen LogP contribution < -0.4 is 9.64 Å². The second kappa shape index (κ2) is 5.34. The van der Waals surface area contributed by atoms with Crippen LogP contribution in [-0.4, -0.2) is 38.8 Å². The summed E-state index contributed by atoms with van der Waals surface area (Å²) in [5, 5.41) is 0. The van der Waals surface area contributed by atoms with Crippen molar-refractivity contribution < 1.29 is 14.3 Å². The molecule has 0 saturated heterocycles. The van der Waals surface area contributed by atoms with Crippen LogP contribution in [0, 0.1) is 0 Å². The molecule has 0 radical (unpaired) electrons. The zero-order valence-electron chi connectivity index (χ0n) is 9.98. The van der Waals surface area contributed by atoms with E-state index in [1.807, 2.05) is 14.1 Å². The topological polar surface area (TPSA) is 51.7 Å². The summed E-state index contributed by atoms with van der Waals surface area (Å²) >= 11 is 0. The first-order valence-corrected chi connectivity index (χ1v) is 4.99. The fourth-order valence-electron chi connectivity index (χ4n) is 1.25. The van der Waals surface area contributed by atoms with Crippen LogP contribution in [-0.2, 0) is 4.74 Å². The highest BCUT2D eigenvalue weighted by molar-refractivity contribution is 5.94. The first kappa shape index (κ1) is 12.3. The summed E-state index contributed by atoms with van der Waals surface area (Å²) in [6.07, 6.45) is 0. The summed E-state index contributed by atoms with van der Waals surface area (Å²) < 4.78 is 9.96. The van der Waals surface area contributed by atoms with Crippen molar-refractivity contribution in [2.24, 2.45) is 0 Å². The quantitative estimate of drug-likeness (QED) is 0.722. The van der Waals surface area contributed by atoms with Crippen LogP contribution in [0.1, 0.15) is 17.3 Å². The smallest absolute Gasteiger partial charge is 0.341 e. The van der Waals surface area contributed by atoms with Gasteiger partial charge in [0.15, 0.2) is 0 Å². The Bertz CT molecular complexity index is 377. The Balaban J connectivity index is 3.12. The van der Waals surface area contributed by atoms with E-state index >= 15 is 0 Å². The van der Waals surface area contributed by atoms with E-state index in [9.17, 15) is 4.79 Å².